The van der Waals surface area contributed by atoms with Crippen LogP contribution in [0.25, 0.3) is 10.8 Å². The molecule has 5 heteroatoms. The smallest absolute Gasteiger partial charge is 0.120 e. The summed E-state index contributed by atoms with van der Waals surface area (Å²) >= 11 is 0. The molecule has 3 aromatic rings. The van der Waals surface area contributed by atoms with Gasteiger partial charge in [0.25, 0.3) is 0 Å². The summed E-state index contributed by atoms with van der Waals surface area (Å²) in [6.07, 6.45) is 3.30. The Morgan fingerprint density at radius 3 is 2.75 bits per heavy atom. The molecule has 2 aromatic carbocycles. The van der Waals surface area contributed by atoms with Crippen LogP contribution in [0.4, 0.5) is 0 Å². The molecule has 0 radical (unpaired) electrons. The van der Waals surface area contributed by atoms with E-state index in [0.717, 1.165) is 24.2 Å². The van der Waals surface area contributed by atoms with Gasteiger partial charge in [-0.2, -0.15) is 5.10 Å². The Hall–Kier alpha value is -2.37. The number of aliphatic hydroxyl groups is 1. The molecule has 0 unspecified atom stereocenters. The first-order valence-electron chi connectivity index (χ1n) is 8.29. The SMILES string of the molecule is O[C@@H](COc1ccc2ccccc2c1)CN1CC(n2cccn2)C1. The predicted octanol–water partition coefficient (Wildman–Crippen LogP) is 2.33. The summed E-state index contributed by atoms with van der Waals surface area (Å²) in [5.74, 6) is 0.797. The number of benzene rings is 2. The van der Waals surface area contributed by atoms with E-state index in [1.165, 1.54) is 5.39 Å². The summed E-state index contributed by atoms with van der Waals surface area (Å²) in [6, 6.07) is 16.6. The second-order valence-electron chi connectivity index (χ2n) is 6.33. The quantitative estimate of drug-likeness (QED) is 0.756. The standard InChI is InChI=1S/C19H21N3O2/c23-18(13-21-11-17(12-21)22-9-3-8-20-22)14-24-19-7-6-15-4-1-2-5-16(15)10-19/h1-10,17-18,23H,11-14H2/t18-/m1/s1. The summed E-state index contributed by atoms with van der Waals surface area (Å²) in [5, 5.41) is 16.8. The Balaban J connectivity index is 1.25. The van der Waals surface area contributed by atoms with Crippen molar-refractivity contribution in [1.29, 1.82) is 0 Å². The van der Waals surface area contributed by atoms with Crippen LogP contribution in [0.2, 0.25) is 0 Å². The first-order chi connectivity index (χ1) is 11.8. The van der Waals surface area contributed by atoms with Crippen LogP contribution in [-0.4, -0.2) is 52.1 Å². The molecule has 1 saturated heterocycles. The van der Waals surface area contributed by atoms with Gasteiger partial charge in [-0.25, -0.2) is 0 Å². The van der Waals surface area contributed by atoms with Gasteiger partial charge in [0.05, 0.1) is 6.04 Å². The molecule has 2 heterocycles. The monoisotopic (exact) mass is 323 g/mol. The lowest BCUT2D eigenvalue weighted by Gasteiger charge is -2.40. The van der Waals surface area contributed by atoms with Gasteiger partial charge in [-0.05, 0) is 29.0 Å². The van der Waals surface area contributed by atoms with Crippen molar-refractivity contribution in [3.63, 3.8) is 0 Å². The molecule has 24 heavy (non-hydrogen) atoms. The largest absolute Gasteiger partial charge is 0.491 e. The molecule has 5 nitrogen and oxygen atoms in total. The fourth-order valence-electron chi connectivity index (χ4n) is 3.16. The van der Waals surface area contributed by atoms with Crippen molar-refractivity contribution in [3.05, 3.63) is 60.9 Å². The van der Waals surface area contributed by atoms with Gasteiger partial charge in [-0.3, -0.25) is 9.58 Å². The van der Waals surface area contributed by atoms with Gasteiger partial charge in [0.1, 0.15) is 18.5 Å². The molecule has 0 amide bonds. The Morgan fingerprint density at radius 2 is 1.96 bits per heavy atom. The molecule has 124 valence electrons. The first-order valence-corrected chi connectivity index (χ1v) is 8.29. The molecular weight excluding hydrogens is 302 g/mol. The number of β-amino-alcohol motifs (C(OH)–C–C–N with tert-alkyl or cyclic N) is 1. The molecule has 0 spiro atoms. The minimum Gasteiger partial charge on any atom is -0.491 e. The van der Waals surface area contributed by atoms with Crippen molar-refractivity contribution in [2.75, 3.05) is 26.2 Å². The number of aromatic nitrogens is 2. The average Bonchev–Trinajstić information content (AvgIpc) is 3.09. The molecule has 0 bridgehead atoms. The van der Waals surface area contributed by atoms with Crippen molar-refractivity contribution >= 4 is 10.8 Å². The summed E-state index contributed by atoms with van der Waals surface area (Å²) in [7, 11) is 0. The van der Waals surface area contributed by atoms with Crippen LogP contribution in [0.15, 0.2) is 60.9 Å². The van der Waals surface area contributed by atoms with Crippen LogP contribution < -0.4 is 4.74 Å². The van der Waals surface area contributed by atoms with Gasteiger partial charge in [0, 0.05) is 32.0 Å². The normalized spacial score (nSPS) is 16.9. The molecule has 1 aromatic heterocycles. The number of ether oxygens (including phenoxy) is 1. The second-order valence-corrected chi connectivity index (χ2v) is 6.33. The van der Waals surface area contributed by atoms with Crippen molar-refractivity contribution in [1.82, 2.24) is 14.7 Å². The number of hydrogen-bond donors (Lipinski definition) is 1. The zero-order valence-electron chi connectivity index (χ0n) is 13.5. The Kier molecular flexibility index (Phi) is 4.19. The molecule has 0 aliphatic carbocycles. The summed E-state index contributed by atoms with van der Waals surface area (Å²) in [5.41, 5.74) is 0. The lowest BCUT2D eigenvalue weighted by molar-refractivity contribution is 0.0205. The zero-order valence-corrected chi connectivity index (χ0v) is 13.5. The van der Waals surface area contributed by atoms with E-state index in [2.05, 4.69) is 22.1 Å². The van der Waals surface area contributed by atoms with E-state index < -0.39 is 6.10 Å². The van der Waals surface area contributed by atoms with Gasteiger partial charge in [-0.15, -0.1) is 0 Å². The summed E-state index contributed by atoms with van der Waals surface area (Å²) in [6.45, 7) is 2.79. The maximum Gasteiger partial charge on any atom is 0.120 e. The first kappa shape index (κ1) is 15.2. The van der Waals surface area contributed by atoms with Gasteiger partial charge >= 0.3 is 0 Å². The van der Waals surface area contributed by atoms with Crippen molar-refractivity contribution < 1.29 is 9.84 Å². The third-order valence-electron chi connectivity index (χ3n) is 4.47. The maximum absolute atomic E-state index is 10.2. The van der Waals surface area contributed by atoms with Crippen LogP contribution in [-0.2, 0) is 0 Å². The van der Waals surface area contributed by atoms with E-state index >= 15 is 0 Å². The lowest BCUT2D eigenvalue weighted by Crippen LogP contribution is -2.51. The van der Waals surface area contributed by atoms with Crippen LogP contribution in [0.3, 0.4) is 0 Å². The number of aliphatic hydroxyl groups excluding tert-OH is 1. The molecule has 1 fully saturated rings. The highest BCUT2D eigenvalue weighted by Crippen LogP contribution is 2.22. The predicted molar refractivity (Wildman–Crippen MR) is 93.2 cm³/mol. The molecule has 4 rings (SSSR count). The third-order valence-corrected chi connectivity index (χ3v) is 4.47. The highest BCUT2D eigenvalue weighted by atomic mass is 16.5. The van der Waals surface area contributed by atoms with Crippen LogP contribution in [0, 0.1) is 0 Å². The molecule has 1 aliphatic rings. The van der Waals surface area contributed by atoms with Crippen molar-refractivity contribution in [2.45, 2.75) is 12.1 Å². The van der Waals surface area contributed by atoms with E-state index in [0.29, 0.717) is 19.2 Å². The number of fused-ring (bicyclic) bond motifs is 1. The highest BCUT2D eigenvalue weighted by Gasteiger charge is 2.29. The maximum atomic E-state index is 10.2. The minimum atomic E-state index is -0.491. The third kappa shape index (κ3) is 3.27. The summed E-state index contributed by atoms with van der Waals surface area (Å²) in [4.78, 5) is 2.22. The lowest BCUT2D eigenvalue weighted by atomic mass is 10.1. The fourth-order valence-corrected chi connectivity index (χ4v) is 3.16. The second kappa shape index (κ2) is 6.63. The van der Waals surface area contributed by atoms with Gasteiger partial charge < -0.3 is 9.84 Å². The van der Waals surface area contributed by atoms with E-state index in [-0.39, 0.29) is 0 Å². The molecule has 1 aliphatic heterocycles. The van der Waals surface area contributed by atoms with Crippen LogP contribution in [0.5, 0.6) is 5.75 Å². The van der Waals surface area contributed by atoms with E-state index in [4.69, 9.17) is 4.74 Å². The number of nitrogens with zero attached hydrogens (tertiary/aromatic N) is 3. The average molecular weight is 323 g/mol. The van der Waals surface area contributed by atoms with Crippen molar-refractivity contribution in [2.24, 2.45) is 0 Å². The number of likely N-dealkylation sites (tertiary alicyclic amines) is 1. The van der Waals surface area contributed by atoms with E-state index in [1.54, 1.807) is 6.20 Å². The topological polar surface area (TPSA) is 50.5 Å². The van der Waals surface area contributed by atoms with Gasteiger partial charge in [0.2, 0.25) is 0 Å². The molecular formula is C19H21N3O2. The van der Waals surface area contributed by atoms with Crippen molar-refractivity contribution in [3.8, 4) is 5.75 Å². The summed E-state index contributed by atoms with van der Waals surface area (Å²) < 4.78 is 7.73. The Labute approximate surface area is 141 Å². The van der Waals surface area contributed by atoms with E-state index in [1.807, 2.05) is 47.3 Å². The molecule has 1 N–H and O–H groups in total. The van der Waals surface area contributed by atoms with E-state index in [9.17, 15) is 5.11 Å². The highest BCUT2D eigenvalue weighted by molar-refractivity contribution is 5.83. The number of rotatable bonds is 6. The molecule has 1 atom stereocenters. The van der Waals surface area contributed by atoms with Gasteiger partial charge in [0.15, 0.2) is 0 Å². The molecule has 0 saturated carbocycles. The Morgan fingerprint density at radius 1 is 1.12 bits per heavy atom. The van der Waals surface area contributed by atoms with Crippen LogP contribution in [0.1, 0.15) is 6.04 Å². The van der Waals surface area contributed by atoms with Crippen LogP contribution >= 0.6 is 0 Å². The van der Waals surface area contributed by atoms with Gasteiger partial charge in [-0.1, -0.05) is 30.3 Å². The number of hydrogen-bond acceptors (Lipinski definition) is 4. The Bertz CT molecular complexity index is 797. The fraction of sp³-hybridized carbons (Fsp3) is 0.316. The zero-order chi connectivity index (χ0) is 16.4. The minimum absolute atomic E-state index is 0.307.